The number of hydrogen-bond donors (Lipinski definition) is 3. The van der Waals surface area contributed by atoms with Crippen LogP contribution in [0.4, 0.5) is 4.39 Å². The second-order valence-corrected chi connectivity index (χ2v) is 10.7. The van der Waals surface area contributed by atoms with Crippen molar-refractivity contribution in [1.29, 1.82) is 0 Å². The first-order valence-corrected chi connectivity index (χ1v) is 12.8. The number of aryl methyl sites for hydroxylation is 1. The summed E-state index contributed by atoms with van der Waals surface area (Å²) in [7, 11) is 2.90. The highest BCUT2D eigenvalue weighted by atomic mass is 19.1. The molecule has 1 aromatic heterocycles. The fourth-order valence-electron chi connectivity index (χ4n) is 5.66. The molecule has 3 aliphatic heterocycles. The molecule has 2 bridgehead atoms. The Morgan fingerprint density at radius 1 is 1.18 bits per heavy atom. The van der Waals surface area contributed by atoms with E-state index >= 15 is 0 Å². The second kappa shape index (κ2) is 9.92. The van der Waals surface area contributed by atoms with Crippen LogP contribution in [0.15, 0.2) is 38.4 Å². The van der Waals surface area contributed by atoms with Gasteiger partial charge in [-0.05, 0) is 55.0 Å². The van der Waals surface area contributed by atoms with Gasteiger partial charge in [0.1, 0.15) is 18.2 Å². The number of nitrogens with zero attached hydrogens (tertiary/aromatic N) is 6. The predicted molar refractivity (Wildman–Crippen MR) is 139 cm³/mol. The highest BCUT2D eigenvalue weighted by molar-refractivity contribution is 6.35. The summed E-state index contributed by atoms with van der Waals surface area (Å²) < 4.78 is 14.9. The topological polar surface area (TPSA) is 171 Å². The summed E-state index contributed by atoms with van der Waals surface area (Å²) in [5.41, 5.74) is -1.55. The van der Waals surface area contributed by atoms with Crippen LogP contribution in [0.2, 0.25) is 0 Å². The molecule has 210 valence electrons. The SMILES string of the molecule is Cc1cc(CNC(=O)c2nc3n(c(=O)c2O)CC2(C4=NN=NC4)CCC3(NC(=O)C(=O)N(C)C)CC2)ccc1F. The molecule has 14 heteroatoms. The highest BCUT2D eigenvalue weighted by Gasteiger charge is 2.54. The molecule has 1 aromatic carbocycles. The number of carbonyl (C=O) groups is 3. The maximum atomic E-state index is 13.6. The molecule has 1 saturated carbocycles. The molecule has 6 rings (SSSR count). The lowest BCUT2D eigenvalue weighted by Gasteiger charge is -2.41. The Balaban J connectivity index is 1.55. The molecule has 0 atom stereocenters. The number of carbonyl (C=O) groups excluding carboxylic acids is 3. The van der Waals surface area contributed by atoms with Crippen molar-refractivity contribution >= 4 is 23.4 Å². The maximum absolute atomic E-state index is 13.6. The molecular weight excluding hydrogens is 523 g/mol. The van der Waals surface area contributed by atoms with Gasteiger partial charge in [-0.3, -0.25) is 23.7 Å². The van der Waals surface area contributed by atoms with E-state index in [0.29, 0.717) is 42.5 Å². The summed E-state index contributed by atoms with van der Waals surface area (Å²) in [6.45, 7) is 1.94. The number of nitrogens with one attached hydrogen (secondary N) is 2. The number of likely N-dealkylation sites (N-methyl/N-ethyl adjacent to an activating group) is 1. The van der Waals surface area contributed by atoms with E-state index in [1.54, 1.807) is 13.0 Å². The largest absolute Gasteiger partial charge is 0.501 e. The van der Waals surface area contributed by atoms with Gasteiger partial charge in [-0.15, -0.1) is 5.10 Å². The van der Waals surface area contributed by atoms with E-state index in [4.69, 9.17) is 0 Å². The summed E-state index contributed by atoms with van der Waals surface area (Å²) in [5, 5.41) is 28.1. The molecule has 1 fully saturated rings. The van der Waals surface area contributed by atoms with Crippen molar-refractivity contribution in [2.24, 2.45) is 20.9 Å². The number of aromatic nitrogens is 2. The summed E-state index contributed by atoms with van der Waals surface area (Å²) in [6.07, 6.45) is 1.54. The zero-order valence-corrected chi connectivity index (χ0v) is 22.3. The Bertz CT molecular complexity index is 1540. The average molecular weight is 553 g/mol. The van der Waals surface area contributed by atoms with Crippen molar-refractivity contribution in [3.63, 3.8) is 0 Å². The number of benzene rings is 1. The summed E-state index contributed by atoms with van der Waals surface area (Å²) in [6, 6.07) is 4.37. The van der Waals surface area contributed by atoms with Crippen LogP contribution in [0.1, 0.15) is 53.1 Å². The van der Waals surface area contributed by atoms with Crippen LogP contribution in [0.25, 0.3) is 0 Å². The lowest BCUT2D eigenvalue weighted by molar-refractivity contribution is -0.145. The number of hydrogen-bond acceptors (Lipinski definition) is 9. The normalized spacial score (nSPS) is 22.8. The van der Waals surface area contributed by atoms with Crippen LogP contribution in [0.5, 0.6) is 5.75 Å². The van der Waals surface area contributed by atoms with Crippen molar-refractivity contribution in [3.05, 3.63) is 57.0 Å². The van der Waals surface area contributed by atoms with Gasteiger partial charge in [0.25, 0.3) is 11.5 Å². The van der Waals surface area contributed by atoms with Gasteiger partial charge in [0.05, 0.1) is 11.3 Å². The highest BCUT2D eigenvalue weighted by Crippen LogP contribution is 2.50. The maximum Gasteiger partial charge on any atom is 0.311 e. The summed E-state index contributed by atoms with van der Waals surface area (Å²) in [5.74, 6) is -3.64. The van der Waals surface area contributed by atoms with Gasteiger partial charge >= 0.3 is 11.8 Å². The second-order valence-electron chi connectivity index (χ2n) is 10.7. The van der Waals surface area contributed by atoms with Crippen molar-refractivity contribution < 1.29 is 23.9 Å². The fraction of sp³-hybridized carbons (Fsp3) is 0.462. The third-order valence-electron chi connectivity index (χ3n) is 8.00. The van der Waals surface area contributed by atoms with Gasteiger partial charge in [-0.1, -0.05) is 12.1 Å². The zero-order chi connectivity index (χ0) is 28.8. The fourth-order valence-corrected chi connectivity index (χ4v) is 5.66. The average Bonchev–Trinajstić information content (AvgIpc) is 3.40. The Morgan fingerprint density at radius 2 is 1.90 bits per heavy atom. The van der Waals surface area contributed by atoms with Crippen molar-refractivity contribution in [2.45, 2.75) is 51.2 Å². The van der Waals surface area contributed by atoms with Crippen LogP contribution in [0.3, 0.4) is 0 Å². The number of halogens is 1. The number of fused-ring (bicyclic) bond motifs is 2. The molecule has 3 N–H and O–H groups in total. The van der Waals surface area contributed by atoms with Gasteiger partial charge < -0.3 is 20.6 Å². The molecule has 40 heavy (non-hydrogen) atoms. The number of rotatable bonds is 5. The molecule has 2 aromatic rings. The molecule has 0 spiro atoms. The molecular formula is C26H29FN8O5. The third kappa shape index (κ3) is 4.52. The van der Waals surface area contributed by atoms with Crippen molar-refractivity contribution in [3.8, 4) is 5.75 Å². The van der Waals surface area contributed by atoms with Crippen LogP contribution >= 0.6 is 0 Å². The van der Waals surface area contributed by atoms with Gasteiger partial charge in [0.2, 0.25) is 5.75 Å². The minimum atomic E-state index is -1.26. The first-order valence-electron chi connectivity index (χ1n) is 12.8. The Labute approximate surface area is 228 Å². The predicted octanol–water partition coefficient (Wildman–Crippen LogP) is 1.12. The number of aromatic hydroxyl groups is 1. The number of amides is 3. The summed E-state index contributed by atoms with van der Waals surface area (Å²) in [4.78, 5) is 57.8. The first kappa shape index (κ1) is 27.1. The molecule has 3 amide bonds. The monoisotopic (exact) mass is 552 g/mol. The Hall–Kier alpha value is -4.49. The quantitative estimate of drug-likeness (QED) is 0.469. The van der Waals surface area contributed by atoms with Crippen LogP contribution in [-0.2, 0) is 28.2 Å². The van der Waals surface area contributed by atoms with E-state index < -0.39 is 45.7 Å². The van der Waals surface area contributed by atoms with Gasteiger partial charge in [0, 0.05) is 32.6 Å². The molecule has 4 heterocycles. The van der Waals surface area contributed by atoms with E-state index in [1.807, 2.05) is 0 Å². The minimum Gasteiger partial charge on any atom is -0.501 e. The summed E-state index contributed by atoms with van der Waals surface area (Å²) >= 11 is 0. The lowest BCUT2D eigenvalue weighted by Crippen LogP contribution is -2.54. The van der Waals surface area contributed by atoms with Crippen molar-refractivity contribution in [2.75, 3.05) is 20.6 Å². The standard InChI is InChI=1S/C26H29FN8O5/c1-14-10-15(4-5-16(14)27)11-28-20(37)18-19(36)22(39)35-13-25(17-12-29-33-32-17)6-8-26(9-7-25,24(35)30-18)31-21(38)23(40)34(2)3/h4-5,10,36H,6-9,11-13H2,1-3H3,(H,28,37)(H,31,38). The van der Waals surface area contributed by atoms with E-state index in [1.165, 1.54) is 30.8 Å². The van der Waals surface area contributed by atoms with Crippen LogP contribution < -0.4 is 16.2 Å². The van der Waals surface area contributed by atoms with E-state index in [9.17, 15) is 28.7 Å². The lowest BCUT2D eigenvalue weighted by atomic mass is 9.66. The molecule has 1 aliphatic carbocycles. The van der Waals surface area contributed by atoms with Gasteiger partial charge in [0.15, 0.2) is 5.69 Å². The van der Waals surface area contributed by atoms with Gasteiger partial charge in [-0.25, -0.2) is 9.37 Å². The molecule has 0 unspecified atom stereocenters. The first-order chi connectivity index (χ1) is 19.0. The van der Waals surface area contributed by atoms with Crippen molar-refractivity contribution in [1.82, 2.24) is 25.1 Å². The van der Waals surface area contributed by atoms with Gasteiger partial charge in [-0.2, -0.15) is 5.11 Å². The van der Waals surface area contributed by atoms with E-state index in [2.05, 4.69) is 31.1 Å². The smallest absolute Gasteiger partial charge is 0.311 e. The third-order valence-corrected chi connectivity index (χ3v) is 8.00. The van der Waals surface area contributed by atoms with Crippen LogP contribution in [0, 0.1) is 18.2 Å². The Kier molecular flexibility index (Phi) is 6.72. The van der Waals surface area contributed by atoms with E-state index in [-0.39, 0.29) is 31.3 Å². The van der Waals surface area contributed by atoms with E-state index in [0.717, 1.165) is 4.90 Å². The minimum absolute atomic E-state index is 0.00532. The zero-order valence-electron chi connectivity index (χ0n) is 22.3. The van der Waals surface area contributed by atoms with Crippen LogP contribution in [-0.4, -0.2) is 63.6 Å². The Morgan fingerprint density at radius 3 is 2.52 bits per heavy atom. The molecule has 0 saturated heterocycles. The molecule has 0 radical (unpaired) electrons. The molecule has 4 aliphatic rings. The molecule has 13 nitrogen and oxygen atoms in total.